The summed E-state index contributed by atoms with van der Waals surface area (Å²) >= 11 is 0. The van der Waals surface area contributed by atoms with Crippen molar-refractivity contribution in [2.75, 3.05) is 10.6 Å². The largest absolute Gasteiger partial charge is 0.507 e. The lowest BCUT2D eigenvalue weighted by Gasteiger charge is -2.34. The molecule has 2 saturated carbocycles. The quantitative estimate of drug-likeness (QED) is 0.0730. The van der Waals surface area contributed by atoms with Gasteiger partial charge in [-0.3, -0.25) is 38.4 Å². The zero-order valence-electron chi connectivity index (χ0n) is 58.0. The number of carbonyl (C=O) groups excluding carboxylic acids is 8. The fraction of sp³-hybridized carbons (Fsp3) is 0.375. The molecule has 3 aliphatic carbocycles. The van der Waals surface area contributed by atoms with Crippen LogP contribution in [0.5, 0.6) is 28.7 Å². The number of carbonyl (C=O) groups is 8. The van der Waals surface area contributed by atoms with Gasteiger partial charge in [0.05, 0.1) is 0 Å². The van der Waals surface area contributed by atoms with Crippen molar-refractivity contribution in [2.24, 2.45) is 11.8 Å². The molecule has 13 N–H and O–H groups in total. The van der Waals surface area contributed by atoms with E-state index in [1.165, 1.54) is 36.4 Å². The van der Waals surface area contributed by atoms with E-state index in [1.54, 1.807) is 60.7 Å². The molecule has 526 valence electrons. The van der Waals surface area contributed by atoms with E-state index in [-0.39, 0.29) is 153 Å². The zero-order chi connectivity index (χ0) is 71.8. The number of hydrogen-bond acceptors (Lipinski definition) is 13. The van der Waals surface area contributed by atoms with Gasteiger partial charge in [0.2, 0.25) is 11.8 Å². The monoisotopic (exact) mass is 1370 g/mol. The minimum atomic E-state index is -1.25. The Morgan fingerprint density at radius 3 is 0.713 bits per heavy atom. The van der Waals surface area contributed by atoms with E-state index in [9.17, 15) is 44.7 Å². The van der Waals surface area contributed by atoms with E-state index in [1.807, 2.05) is 48.5 Å². The summed E-state index contributed by atoms with van der Waals surface area (Å²) in [6.45, 7) is 13.0. The summed E-state index contributed by atoms with van der Waals surface area (Å²) in [4.78, 5) is 120. The van der Waals surface area contributed by atoms with Gasteiger partial charge in [0.1, 0.15) is 40.8 Å². The lowest BCUT2D eigenvalue weighted by molar-refractivity contribution is -0.119. The Morgan fingerprint density at radius 1 is 0.307 bits per heavy atom. The number of phenols is 5. The molecule has 0 radical (unpaired) electrons. The maximum atomic E-state index is 15.1. The standard InChI is InChI=1S/C80H88N8O13/c1-39(2)16-66-79(100)81-60-35-50-25-46-20-41(5)18-44(68(46)89)24-45-19-42(6)21-47(69(45)90)26-51-36-61(38-53(72(51)93)28-49-23-43(7)22-48(70(49)91)27-52(37-60)71(50)92)82-80(101)67(17-40(3)4)88-78(99)59-33-56-30-57(34-59)76(97)86-65-15-11-9-13-63(65)84-74(95)55-29-54(31-58(32-55)77(98)87-66)73(94)83-62-12-8-10-14-64(62)85-75(56)96/h18-23,29-40,62-67,89-93H,8-17,24-28H2,1-7H3,(H,81,100)(H,82,101)(H,83,94)(H,84,95)(H,85,96)(H,86,97)(H,87,98)(H,88,99)/t62-,63-,64-,65-,66-,67-/m0/s1. The summed E-state index contributed by atoms with van der Waals surface area (Å²) < 4.78 is 0. The molecule has 0 spiro atoms. The predicted molar refractivity (Wildman–Crippen MR) is 382 cm³/mol. The first-order valence-corrected chi connectivity index (χ1v) is 35.1. The van der Waals surface area contributed by atoms with E-state index in [2.05, 4.69) is 42.5 Å². The molecule has 3 aliphatic heterocycles. The Bertz CT molecular complexity index is 4170. The summed E-state index contributed by atoms with van der Waals surface area (Å²) in [6.07, 6.45) is 4.29. The van der Waals surface area contributed by atoms with Gasteiger partial charge in [0.15, 0.2) is 0 Å². The number of anilines is 2. The first kappa shape index (κ1) is 70.2. The highest BCUT2D eigenvalue weighted by atomic mass is 16.3. The number of rotatable bonds is 4. The Labute approximate surface area is 586 Å². The van der Waals surface area contributed by atoms with Crippen molar-refractivity contribution in [3.63, 3.8) is 0 Å². The van der Waals surface area contributed by atoms with E-state index < -0.39 is 83.5 Å². The maximum Gasteiger partial charge on any atom is 0.251 e. The molecule has 21 nitrogen and oxygen atoms in total. The Morgan fingerprint density at radius 2 is 0.505 bits per heavy atom. The van der Waals surface area contributed by atoms with Crippen LogP contribution in [0.3, 0.4) is 0 Å². The molecule has 8 amide bonds. The molecule has 21 heteroatoms. The maximum absolute atomic E-state index is 15.1. The highest BCUT2D eigenvalue weighted by Crippen LogP contribution is 2.42. The summed E-state index contributed by atoms with van der Waals surface area (Å²) in [5, 5.41) is 86.3. The molecule has 0 unspecified atom stereocenters. The van der Waals surface area contributed by atoms with Gasteiger partial charge in [0, 0.05) is 123 Å². The van der Waals surface area contributed by atoms with Gasteiger partial charge >= 0.3 is 0 Å². The van der Waals surface area contributed by atoms with Crippen LogP contribution >= 0.6 is 0 Å². The van der Waals surface area contributed by atoms with Crippen molar-refractivity contribution >= 4 is 58.6 Å². The second-order valence-corrected chi connectivity index (χ2v) is 29.2. The molecule has 6 atom stereocenters. The molecule has 3 heterocycles. The normalized spacial score (nSPS) is 20.8. The third kappa shape index (κ3) is 15.8. The number of phenolic OH excluding ortho intramolecular Hbond substituents is 5. The molecule has 101 heavy (non-hydrogen) atoms. The van der Waals surface area contributed by atoms with E-state index in [4.69, 9.17) is 0 Å². The molecule has 18 bridgehead atoms. The van der Waals surface area contributed by atoms with Crippen LogP contribution in [0.25, 0.3) is 0 Å². The highest BCUT2D eigenvalue weighted by Gasteiger charge is 2.35. The van der Waals surface area contributed by atoms with Gasteiger partial charge in [-0.25, -0.2) is 0 Å². The molecule has 13 rings (SSSR count). The van der Waals surface area contributed by atoms with E-state index in [0.717, 1.165) is 11.1 Å². The van der Waals surface area contributed by atoms with Gasteiger partial charge in [-0.1, -0.05) is 106 Å². The number of nitrogens with one attached hydrogen (secondary N) is 8. The molecule has 7 aromatic rings. The van der Waals surface area contributed by atoms with Crippen molar-refractivity contribution < 1.29 is 63.9 Å². The van der Waals surface area contributed by atoms with Crippen molar-refractivity contribution in [1.29, 1.82) is 0 Å². The minimum absolute atomic E-state index is 0.0424. The molecule has 2 fully saturated rings. The van der Waals surface area contributed by atoms with Crippen LogP contribution in [0.4, 0.5) is 11.4 Å². The Kier molecular flexibility index (Phi) is 20.3. The number of benzene rings is 7. The molecule has 0 saturated heterocycles. The van der Waals surface area contributed by atoms with Crippen molar-refractivity contribution in [2.45, 2.75) is 181 Å². The minimum Gasteiger partial charge on any atom is -0.507 e. The zero-order valence-corrected chi connectivity index (χ0v) is 58.0. The van der Waals surface area contributed by atoms with Crippen LogP contribution in [-0.4, -0.2) is 109 Å². The molecule has 7 aromatic carbocycles. The van der Waals surface area contributed by atoms with Gasteiger partial charge in [-0.15, -0.1) is 0 Å². The summed E-state index contributed by atoms with van der Waals surface area (Å²) in [6, 6.07) is 19.9. The van der Waals surface area contributed by atoms with Crippen LogP contribution in [0.15, 0.2) is 97.1 Å². The van der Waals surface area contributed by atoms with E-state index >= 15 is 19.2 Å². The van der Waals surface area contributed by atoms with Crippen LogP contribution in [0.1, 0.15) is 226 Å². The van der Waals surface area contributed by atoms with Crippen LogP contribution < -0.4 is 42.5 Å². The lowest BCUT2D eigenvalue weighted by Crippen LogP contribution is -2.54. The van der Waals surface area contributed by atoms with Gasteiger partial charge in [-0.2, -0.15) is 0 Å². The smallest absolute Gasteiger partial charge is 0.251 e. The highest BCUT2D eigenvalue weighted by molar-refractivity contribution is 6.08. The number of hydrogen-bond donors (Lipinski definition) is 13. The lowest BCUT2D eigenvalue weighted by atomic mass is 9.89. The number of aromatic hydroxyl groups is 5. The van der Waals surface area contributed by atoms with E-state index in [0.29, 0.717) is 90.3 Å². The van der Waals surface area contributed by atoms with Crippen LogP contribution in [0.2, 0.25) is 0 Å². The second kappa shape index (κ2) is 29.2. The Balaban J connectivity index is 1.06. The third-order valence-corrected chi connectivity index (χ3v) is 20.1. The molecule has 6 aliphatic rings. The topological polar surface area (TPSA) is 334 Å². The van der Waals surface area contributed by atoms with Gasteiger partial charge in [0.25, 0.3) is 35.4 Å². The number of amides is 8. The average molecular weight is 1370 g/mol. The fourth-order valence-corrected chi connectivity index (χ4v) is 15.2. The first-order valence-electron chi connectivity index (χ1n) is 35.1. The van der Waals surface area contributed by atoms with Gasteiger partial charge in [-0.05, 0) is 165 Å². The predicted octanol–water partition coefficient (Wildman–Crippen LogP) is 10.5. The Hall–Kier alpha value is -10.7. The van der Waals surface area contributed by atoms with Crippen molar-refractivity contribution in [3.05, 3.63) is 203 Å². The average Bonchev–Trinajstić information content (AvgIpc) is 0.797. The third-order valence-electron chi connectivity index (χ3n) is 20.1. The van der Waals surface area contributed by atoms with Crippen LogP contribution in [0, 0.1) is 32.6 Å². The fourth-order valence-electron chi connectivity index (χ4n) is 15.2. The number of aryl methyl sites for hydroxylation is 3. The molecular formula is C80H88N8O13. The SMILES string of the molecule is Cc1cc2c(O)c(c1)Cc1cc3cc(c1O)Cc1cc(C)cc(c1O)Cc1cc(cc(c1O)Cc1cc(C)cc(c1O)C2)NC(=O)[C@H](CC(C)C)NC(=O)c1cc2cc(c1)C(=O)N[C@H]1CCCC[C@@H]1NC(=O)c1cc(cc(c1)C(=O)N[C@H]1CCCC[C@@H]1NC2=O)C(=O)N[C@@H](CC(C)C)C(=O)N3. The van der Waals surface area contributed by atoms with Crippen molar-refractivity contribution in [1.82, 2.24) is 31.9 Å². The summed E-state index contributed by atoms with van der Waals surface area (Å²) in [7, 11) is 0. The van der Waals surface area contributed by atoms with Gasteiger partial charge < -0.3 is 68.1 Å². The van der Waals surface area contributed by atoms with Crippen LogP contribution in [-0.2, 0) is 41.7 Å². The van der Waals surface area contributed by atoms with Crippen molar-refractivity contribution in [3.8, 4) is 28.7 Å². The summed E-state index contributed by atoms with van der Waals surface area (Å²) in [5.74, 6) is -6.73. The first-order chi connectivity index (χ1) is 48.2. The summed E-state index contributed by atoms with van der Waals surface area (Å²) in [5.41, 5.74) is 5.52. The molecule has 0 aromatic heterocycles. The number of fused-ring (bicyclic) bond motifs is 18. The second-order valence-electron chi connectivity index (χ2n) is 29.2. The molecular weight excluding hydrogens is 1280 g/mol.